The molecule has 0 atom stereocenters. The molecular weight excluding hydrogens is 356 g/mol. The van der Waals surface area contributed by atoms with Crippen molar-refractivity contribution in [3.8, 4) is 5.75 Å². The number of aromatic nitrogens is 1. The van der Waals surface area contributed by atoms with E-state index in [1.165, 1.54) is 6.92 Å². The number of nitrogens with one attached hydrogen (secondary N) is 3. The van der Waals surface area contributed by atoms with Crippen molar-refractivity contribution in [3.05, 3.63) is 54.2 Å². The molecule has 3 N–H and O–H groups in total. The van der Waals surface area contributed by atoms with Crippen LogP contribution in [-0.4, -0.2) is 30.5 Å². The summed E-state index contributed by atoms with van der Waals surface area (Å²) in [4.78, 5) is 28.2. The van der Waals surface area contributed by atoms with E-state index < -0.39 is 0 Å². The summed E-state index contributed by atoms with van der Waals surface area (Å²) >= 11 is 0. The van der Waals surface area contributed by atoms with Crippen molar-refractivity contribution in [2.75, 3.05) is 24.3 Å². The molecule has 3 aromatic rings. The van der Waals surface area contributed by atoms with E-state index in [1.807, 2.05) is 37.3 Å². The molecule has 0 aliphatic heterocycles. The highest BCUT2D eigenvalue weighted by Crippen LogP contribution is 2.32. The van der Waals surface area contributed by atoms with Crippen LogP contribution < -0.4 is 20.7 Å². The van der Waals surface area contributed by atoms with Crippen molar-refractivity contribution >= 4 is 39.8 Å². The number of amides is 2. The zero-order valence-corrected chi connectivity index (χ0v) is 16.0. The summed E-state index contributed by atoms with van der Waals surface area (Å²) in [6, 6.07) is 12.8. The number of fused-ring (bicyclic) bond motifs is 1. The van der Waals surface area contributed by atoms with Gasteiger partial charge in [-0.2, -0.15) is 0 Å². The Bertz CT molecular complexity index is 1020. The molecule has 1 aromatic heterocycles. The van der Waals surface area contributed by atoms with Crippen molar-refractivity contribution in [3.63, 3.8) is 0 Å². The maximum Gasteiger partial charge on any atom is 0.254 e. The fraction of sp³-hybridized carbons (Fsp3) is 0.190. The molecule has 0 saturated carbocycles. The third kappa shape index (κ3) is 4.20. The molecule has 0 bridgehead atoms. The van der Waals surface area contributed by atoms with Crippen LogP contribution in [0.2, 0.25) is 0 Å². The second-order valence-electron chi connectivity index (χ2n) is 6.17. The highest BCUT2D eigenvalue weighted by atomic mass is 16.5. The van der Waals surface area contributed by atoms with Crippen LogP contribution in [-0.2, 0) is 4.79 Å². The Kier molecular flexibility index (Phi) is 5.74. The number of ether oxygens (including phenoxy) is 1. The largest absolute Gasteiger partial charge is 0.497 e. The molecule has 144 valence electrons. The Morgan fingerprint density at radius 3 is 2.43 bits per heavy atom. The first-order valence-corrected chi connectivity index (χ1v) is 8.91. The van der Waals surface area contributed by atoms with E-state index >= 15 is 0 Å². The molecule has 0 saturated heterocycles. The summed E-state index contributed by atoms with van der Waals surface area (Å²) in [5.41, 5.74) is 3.29. The molecule has 7 heteroatoms. The predicted molar refractivity (Wildman–Crippen MR) is 110 cm³/mol. The van der Waals surface area contributed by atoms with Crippen molar-refractivity contribution in [2.45, 2.75) is 13.8 Å². The summed E-state index contributed by atoms with van der Waals surface area (Å²) < 4.78 is 5.33. The minimum Gasteiger partial charge on any atom is -0.497 e. The molecule has 3 rings (SSSR count). The first kappa shape index (κ1) is 19.2. The molecule has 2 aromatic carbocycles. The summed E-state index contributed by atoms with van der Waals surface area (Å²) in [5.74, 6) is 0.329. The predicted octanol–water partition coefficient (Wildman–Crippen LogP) is 3.70. The van der Waals surface area contributed by atoms with E-state index in [-0.39, 0.29) is 11.8 Å². The normalized spacial score (nSPS) is 10.4. The van der Waals surface area contributed by atoms with Gasteiger partial charge in [-0.25, -0.2) is 0 Å². The second-order valence-corrected chi connectivity index (χ2v) is 6.17. The van der Waals surface area contributed by atoms with Gasteiger partial charge in [-0.1, -0.05) is 0 Å². The third-order valence-electron chi connectivity index (χ3n) is 4.13. The van der Waals surface area contributed by atoms with Gasteiger partial charge >= 0.3 is 0 Å². The van der Waals surface area contributed by atoms with Crippen molar-refractivity contribution in [2.24, 2.45) is 0 Å². The molecule has 0 aliphatic carbocycles. The Morgan fingerprint density at radius 2 is 1.79 bits per heavy atom. The fourth-order valence-corrected chi connectivity index (χ4v) is 2.85. The molecule has 1 heterocycles. The number of anilines is 3. The fourth-order valence-electron chi connectivity index (χ4n) is 2.85. The topological polar surface area (TPSA) is 92.3 Å². The van der Waals surface area contributed by atoms with E-state index in [0.29, 0.717) is 29.2 Å². The lowest BCUT2D eigenvalue weighted by molar-refractivity contribution is -0.114. The lowest BCUT2D eigenvalue weighted by Crippen LogP contribution is -2.23. The number of hydrogen-bond acceptors (Lipinski definition) is 5. The van der Waals surface area contributed by atoms with Gasteiger partial charge in [0.2, 0.25) is 5.91 Å². The van der Waals surface area contributed by atoms with Crippen LogP contribution in [0.1, 0.15) is 24.2 Å². The quantitative estimate of drug-likeness (QED) is 0.608. The smallest absolute Gasteiger partial charge is 0.254 e. The number of rotatable bonds is 6. The number of carbonyl (C=O) groups is 2. The number of nitrogens with zero attached hydrogens (tertiary/aromatic N) is 1. The van der Waals surface area contributed by atoms with Crippen LogP contribution in [0.15, 0.2) is 48.7 Å². The van der Waals surface area contributed by atoms with E-state index in [2.05, 4.69) is 20.9 Å². The molecule has 28 heavy (non-hydrogen) atoms. The lowest BCUT2D eigenvalue weighted by atomic mass is 10.1. The molecule has 2 amide bonds. The monoisotopic (exact) mass is 378 g/mol. The van der Waals surface area contributed by atoms with Crippen molar-refractivity contribution < 1.29 is 14.3 Å². The van der Waals surface area contributed by atoms with Crippen LogP contribution in [0.3, 0.4) is 0 Å². The highest BCUT2D eigenvalue weighted by Gasteiger charge is 2.16. The summed E-state index contributed by atoms with van der Waals surface area (Å²) in [6.45, 7) is 3.84. The van der Waals surface area contributed by atoms with Gasteiger partial charge in [-0.15, -0.1) is 0 Å². The Labute approximate surface area is 163 Å². The van der Waals surface area contributed by atoms with Gasteiger partial charge in [0.1, 0.15) is 5.75 Å². The first-order valence-electron chi connectivity index (χ1n) is 8.91. The highest BCUT2D eigenvalue weighted by molar-refractivity contribution is 6.08. The Balaban J connectivity index is 2.06. The summed E-state index contributed by atoms with van der Waals surface area (Å²) in [6.07, 6.45) is 1.56. The molecule has 0 radical (unpaired) electrons. The van der Waals surface area contributed by atoms with E-state index in [1.54, 1.807) is 25.4 Å². The summed E-state index contributed by atoms with van der Waals surface area (Å²) in [7, 11) is 1.59. The number of pyridine rings is 1. The van der Waals surface area contributed by atoms with Gasteiger partial charge in [0.25, 0.3) is 5.91 Å². The molecule has 7 nitrogen and oxygen atoms in total. The van der Waals surface area contributed by atoms with E-state index in [4.69, 9.17) is 4.74 Å². The average Bonchev–Trinajstić information content (AvgIpc) is 2.69. The van der Waals surface area contributed by atoms with E-state index in [9.17, 15) is 9.59 Å². The van der Waals surface area contributed by atoms with Gasteiger partial charge in [0, 0.05) is 36.4 Å². The average molecular weight is 378 g/mol. The standard InChI is InChI=1S/C21H22N4O3/c1-4-22-21(27)18-12-23-19-10-9-16(28-3)11-17(19)20(18)25-15-7-5-14(6-8-15)24-13(2)26/h5-12H,4H2,1-3H3,(H,22,27)(H,23,25)(H,24,26). The van der Waals surface area contributed by atoms with Gasteiger partial charge in [-0.3, -0.25) is 14.6 Å². The van der Waals surface area contributed by atoms with Crippen molar-refractivity contribution in [1.29, 1.82) is 0 Å². The van der Waals surface area contributed by atoms with Gasteiger partial charge < -0.3 is 20.7 Å². The molecule has 0 unspecified atom stereocenters. The van der Waals surface area contributed by atoms with Crippen LogP contribution >= 0.6 is 0 Å². The minimum atomic E-state index is -0.211. The zero-order chi connectivity index (χ0) is 20.1. The van der Waals surface area contributed by atoms with Gasteiger partial charge in [0.05, 0.1) is 23.9 Å². The zero-order valence-electron chi connectivity index (χ0n) is 16.0. The van der Waals surface area contributed by atoms with Crippen LogP contribution in [0.5, 0.6) is 5.75 Å². The minimum absolute atomic E-state index is 0.133. The first-order chi connectivity index (χ1) is 13.5. The van der Waals surface area contributed by atoms with Crippen LogP contribution in [0.25, 0.3) is 10.9 Å². The molecule has 0 aliphatic rings. The molecule has 0 spiro atoms. The maximum absolute atomic E-state index is 12.6. The Morgan fingerprint density at radius 1 is 1.07 bits per heavy atom. The van der Waals surface area contributed by atoms with Gasteiger partial charge in [0.15, 0.2) is 0 Å². The SMILES string of the molecule is CCNC(=O)c1cnc2ccc(OC)cc2c1Nc1ccc(NC(C)=O)cc1. The second kappa shape index (κ2) is 8.39. The maximum atomic E-state index is 12.6. The van der Waals surface area contributed by atoms with Gasteiger partial charge in [-0.05, 0) is 49.4 Å². The van der Waals surface area contributed by atoms with E-state index in [0.717, 1.165) is 16.6 Å². The third-order valence-corrected chi connectivity index (χ3v) is 4.13. The molecular formula is C21H22N4O3. The van der Waals surface area contributed by atoms with Crippen LogP contribution in [0.4, 0.5) is 17.1 Å². The Hall–Kier alpha value is -3.61. The number of carbonyl (C=O) groups excluding carboxylic acids is 2. The number of benzene rings is 2. The number of hydrogen-bond donors (Lipinski definition) is 3. The lowest BCUT2D eigenvalue weighted by Gasteiger charge is -2.15. The number of methoxy groups -OCH3 is 1. The molecule has 0 fully saturated rings. The summed E-state index contributed by atoms with van der Waals surface area (Å²) in [5, 5.41) is 9.63. The van der Waals surface area contributed by atoms with Crippen molar-refractivity contribution in [1.82, 2.24) is 10.3 Å². The van der Waals surface area contributed by atoms with Crippen LogP contribution in [0, 0.1) is 0 Å².